The van der Waals surface area contributed by atoms with Crippen molar-refractivity contribution >= 4 is 23.9 Å². The minimum atomic E-state index is -0.501. The Hall–Kier alpha value is -1.49. The second-order valence-electron chi connectivity index (χ2n) is 3.48. The molecule has 0 saturated carbocycles. The van der Waals surface area contributed by atoms with Gasteiger partial charge >= 0.3 is 6.03 Å². The summed E-state index contributed by atoms with van der Waals surface area (Å²) in [6, 6.07) is 5.48. The molecule has 4 nitrogen and oxygen atoms in total. The van der Waals surface area contributed by atoms with Crippen LogP contribution >= 0.6 is 11.9 Å². The minimum absolute atomic E-state index is 0.376. The van der Waals surface area contributed by atoms with Crippen LogP contribution in [0.5, 0.6) is 0 Å². The van der Waals surface area contributed by atoms with Gasteiger partial charge in [0.25, 0.3) is 0 Å². The molecule has 86 valence electrons. The van der Waals surface area contributed by atoms with Crippen LogP contribution < -0.4 is 10.0 Å². The van der Waals surface area contributed by atoms with E-state index in [0.29, 0.717) is 0 Å². The lowest BCUT2D eigenvalue weighted by Crippen LogP contribution is -2.34. The molecular formula is C11H14N2O2S. The van der Waals surface area contributed by atoms with E-state index < -0.39 is 6.03 Å². The number of rotatable bonds is 2. The van der Waals surface area contributed by atoms with Crippen LogP contribution in [0.2, 0.25) is 0 Å². The maximum Gasteiger partial charge on any atom is 0.331 e. The highest BCUT2D eigenvalue weighted by molar-refractivity contribution is 7.98. The monoisotopic (exact) mass is 238 g/mol. The molecule has 0 atom stereocenters. The van der Waals surface area contributed by atoms with Crippen LogP contribution in [0, 0.1) is 13.8 Å². The molecule has 0 radical (unpaired) electrons. The summed E-state index contributed by atoms with van der Waals surface area (Å²) in [4.78, 5) is 22.7. The Labute approximate surface area is 98.9 Å². The van der Waals surface area contributed by atoms with Crippen molar-refractivity contribution in [2.24, 2.45) is 0 Å². The summed E-state index contributed by atoms with van der Waals surface area (Å²) in [7, 11) is 0. The number of carbonyl (C=O) groups is 2. The zero-order valence-electron chi connectivity index (χ0n) is 9.46. The van der Waals surface area contributed by atoms with Gasteiger partial charge in [-0.3, -0.25) is 14.8 Å². The van der Waals surface area contributed by atoms with Crippen LogP contribution in [0.15, 0.2) is 23.1 Å². The van der Waals surface area contributed by atoms with E-state index in [9.17, 15) is 9.59 Å². The number of hydrogen-bond donors (Lipinski definition) is 2. The lowest BCUT2D eigenvalue weighted by Gasteiger charge is -2.07. The van der Waals surface area contributed by atoms with Crippen molar-refractivity contribution in [2.45, 2.75) is 25.7 Å². The Balaban J connectivity index is 2.57. The van der Waals surface area contributed by atoms with Crippen LogP contribution in [0.3, 0.4) is 0 Å². The molecule has 1 aromatic carbocycles. The van der Waals surface area contributed by atoms with Crippen molar-refractivity contribution < 1.29 is 9.59 Å². The zero-order valence-corrected chi connectivity index (χ0v) is 10.3. The van der Waals surface area contributed by atoms with Crippen LogP contribution in [0.1, 0.15) is 18.1 Å². The van der Waals surface area contributed by atoms with Crippen molar-refractivity contribution in [1.82, 2.24) is 10.0 Å². The molecule has 0 unspecified atom stereocenters. The second kappa shape index (κ2) is 5.55. The van der Waals surface area contributed by atoms with Gasteiger partial charge in [0.15, 0.2) is 0 Å². The van der Waals surface area contributed by atoms with Crippen molar-refractivity contribution in [2.75, 3.05) is 0 Å². The van der Waals surface area contributed by atoms with Gasteiger partial charge in [0.2, 0.25) is 5.91 Å². The van der Waals surface area contributed by atoms with Crippen molar-refractivity contribution in [3.63, 3.8) is 0 Å². The molecule has 5 heteroatoms. The summed E-state index contributed by atoms with van der Waals surface area (Å²) in [6.07, 6.45) is 0. The molecule has 0 aliphatic heterocycles. The standard InChI is InChI=1S/C11H14N2O2S/c1-7-4-5-8(2)10(6-7)16-13-11(15)12-9(3)14/h4-6H,1-3H3,(H2,12,13,14,15). The number of benzene rings is 1. The smallest absolute Gasteiger partial charge is 0.278 e. The summed E-state index contributed by atoms with van der Waals surface area (Å²) < 4.78 is 2.54. The first-order valence-electron chi connectivity index (χ1n) is 4.80. The van der Waals surface area contributed by atoms with Gasteiger partial charge in [-0.2, -0.15) is 0 Å². The maximum atomic E-state index is 11.2. The predicted octanol–water partition coefficient (Wildman–Crippen LogP) is 2.16. The normalized spacial score (nSPS) is 9.69. The Morgan fingerprint density at radius 2 is 1.94 bits per heavy atom. The third kappa shape index (κ3) is 3.94. The molecule has 0 aromatic heterocycles. The van der Waals surface area contributed by atoms with E-state index in [2.05, 4.69) is 10.0 Å². The zero-order chi connectivity index (χ0) is 12.1. The Morgan fingerprint density at radius 3 is 2.56 bits per heavy atom. The fourth-order valence-corrected chi connectivity index (χ4v) is 1.83. The fourth-order valence-electron chi connectivity index (χ4n) is 1.10. The molecule has 1 aromatic rings. The summed E-state index contributed by atoms with van der Waals surface area (Å²) in [6.45, 7) is 5.24. The number of carbonyl (C=O) groups excluding carboxylic acids is 2. The van der Waals surface area contributed by atoms with Crippen LogP contribution in [0.25, 0.3) is 0 Å². The van der Waals surface area contributed by atoms with Gasteiger partial charge in [0.05, 0.1) is 0 Å². The minimum Gasteiger partial charge on any atom is -0.278 e. The van der Waals surface area contributed by atoms with E-state index in [1.165, 1.54) is 18.9 Å². The highest BCUT2D eigenvalue weighted by Gasteiger charge is 2.05. The summed E-state index contributed by atoms with van der Waals surface area (Å²) in [5.41, 5.74) is 2.21. The summed E-state index contributed by atoms with van der Waals surface area (Å²) >= 11 is 1.20. The molecule has 0 aliphatic rings. The van der Waals surface area contributed by atoms with Gasteiger partial charge in [-0.1, -0.05) is 12.1 Å². The van der Waals surface area contributed by atoms with Gasteiger partial charge in [-0.25, -0.2) is 4.79 Å². The molecule has 0 spiro atoms. The number of hydrogen-bond acceptors (Lipinski definition) is 3. The summed E-state index contributed by atoms with van der Waals surface area (Å²) in [5.74, 6) is -0.376. The average molecular weight is 238 g/mol. The average Bonchev–Trinajstić information content (AvgIpc) is 2.18. The van der Waals surface area contributed by atoms with Crippen molar-refractivity contribution in [3.05, 3.63) is 29.3 Å². The number of amides is 3. The lowest BCUT2D eigenvalue weighted by molar-refractivity contribution is -0.117. The highest BCUT2D eigenvalue weighted by Crippen LogP contribution is 2.20. The highest BCUT2D eigenvalue weighted by atomic mass is 32.2. The molecule has 3 amide bonds. The third-order valence-corrected chi connectivity index (χ3v) is 2.83. The SMILES string of the molecule is CC(=O)NC(=O)NSc1cc(C)ccc1C. The van der Waals surface area contributed by atoms with Gasteiger partial charge in [-0.05, 0) is 43.0 Å². The van der Waals surface area contributed by atoms with Gasteiger partial charge in [0, 0.05) is 11.8 Å². The van der Waals surface area contributed by atoms with E-state index in [-0.39, 0.29) is 5.91 Å². The number of imide groups is 1. The molecular weight excluding hydrogens is 224 g/mol. The molecule has 0 aliphatic carbocycles. The molecule has 2 N–H and O–H groups in total. The van der Waals surface area contributed by atoms with Crippen LogP contribution in [0.4, 0.5) is 4.79 Å². The first-order chi connectivity index (χ1) is 7.49. The number of aryl methyl sites for hydroxylation is 2. The Kier molecular flexibility index (Phi) is 4.37. The lowest BCUT2D eigenvalue weighted by atomic mass is 10.2. The van der Waals surface area contributed by atoms with Gasteiger partial charge < -0.3 is 0 Å². The fraction of sp³-hybridized carbons (Fsp3) is 0.273. The number of nitrogens with one attached hydrogen (secondary N) is 2. The first-order valence-corrected chi connectivity index (χ1v) is 5.62. The molecule has 1 rings (SSSR count). The largest absolute Gasteiger partial charge is 0.331 e. The molecule has 0 heterocycles. The van der Waals surface area contributed by atoms with E-state index in [1.807, 2.05) is 32.0 Å². The maximum absolute atomic E-state index is 11.2. The Morgan fingerprint density at radius 1 is 1.25 bits per heavy atom. The second-order valence-corrected chi connectivity index (χ2v) is 4.33. The van der Waals surface area contributed by atoms with Crippen LogP contribution in [-0.2, 0) is 4.79 Å². The van der Waals surface area contributed by atoms with E-state index >= 15 is 0 Å². The van der Waals surface area contributed by atoms with Gasteiger partial charge in [-0.15, -0.1) is 0 Å². The number of urea groups is 1. The topological polar surface area (TPSA) is 58.2 Å². The molecule has 0 fully saturated rings. The first kappa shape index (κ1) is 12.6. The molecule has 16 heavy (non-hydrogen) atoms. The van der Waals surface area contributed by atoms with Crippen LogP contribution in [-0.4, -0.2) is 11.9 Å². The van der Waals surface area contributed by atoms with E-state index in [4.69, 9.17) is 0 Å². The molecule has 0 bridgehead atoms. The quantitative estimate of drug-likeness (QED) is 0.776. The van der Waals surface area contributed by atoms with Crippen molar-refractivity contribution in [3.8, 4) is 0 Å². The predicted molar refractivity (Wildman–Crippen MR) is 64.1 cm³/mol. The van der Waals surface area contributed by atoms with E-state index in [1.54, 1.807) is 0 Å². The molecule has 0 saturated heterocycles. The summed E-state index contributed by atoms with van der Waals surface area (Å²) in [5, 5.41) is 2.14. The van der Waals surface area contributed by atoms with E-state index in [0.717, 1.165) is 16.0 Å². The van der Waals surface area contributed by atoms with Crippen molar-refractivity contribution in [1.29, 1.82) is 0 Å². The third-order valence-electron chi connectivity index (χ3n) is 1.89. The Bertz CT molecular complexity index is 418. The van der Waals surface area contributed by atoms with Gasteiger partial charge in [0.1, 0.15) is 0 Å².